The van der Waals surface area contributed by atoms with Crippen molar-refractivity contribution < 1.29 is 14.3 Å². The van der Waals surface area contributed by atoms with Gasteiger partial charge in [-0.3, -0.25) is 0 Å². The van der Waals surface area contributed by atoms with Crippen LogP contribution in [-0.4, -0.2) is 24.2 Å². The van der Waals surface area contributed by atoms with Crippen LogP contribution in [0.4, 0.5) is 0 Å². The predicted octanol–water partition coefficient (Wildman–Crippen LogP) is 2.87. The van der Waals surface area contributed by atoms with Crippen molar-refractivity contribution in [2.75, 3.05) is 7.11 Å². The van der Waals surface area contributed by atoms with Gasteiger partial charge in [0.2, 0.25) is 0 Å². The van der Waals surface area contributed by atoms with E-state index < -0.39 is 6.10 Å². The third-order valence-electron chi connectivity index (χ3n) is 3.56. The molecule has 0 amide bonds. The fraction of sp³-hybridized carbons (Fsp3) is 0.375. The van der Waals surface area contributed by atoms with Crippen molar-refractivity contribution in [3.63, 3.8) is 0 Å². The lowest BCUT2D eigenvalue weighted by Gasteiger charge is -2.17. The minimum Gasteiger partial charge on any atom is -0.476 e. The van der Waals surface area contributed by atoms with Crippen LogP contribution in [0.15, 0.2) is 30.3 Å². The maximum atomic E-state index is 11.8. The second kappa shape index (κ2) is 5.12. The van der Waals surface area contributed by atoms with Crippen LogP contribution in [0.25, 0.3) is 10.9 Å². The van der Waals surface area contributed by atoms with E-state index in [0.29, 0.717) is 5.75 Å². The van der Waals surface area contributed by atoms with Crippen molar-refractivity contribution in [3.05, 3.63) is 36.0 Å². The number of pyridine rings is 1. The zero-order valence-corrected chi connectivity index (χ0v) is 11.6. The molecular weight excluding hydrogens is 254 g/mol. The Hall–Kier alpha value is -2.10. The summed E-state index contributed by atoms with van der Waals surface area (Å²) < 4.78 is 10.8. The number of esters is 1. The molecule has 4 heteroatoms. The minimum atomic E-state index is -0.520. The molecule has 0 N–H and O–H groups in total. The molecule has 1 aliphatic rings. The van der Waals surface area contributed by atoms with E-state index in [1.165, 1.54) is 7.11 Å². The Morgan fingerprint density at radius 1 is 1.30 bits per heavy atom. The number of carbonyl (C=O) groups is 1. The summed E-state index contributed by atoms with van der Waals surface area (Å²) >= 11 is 0. The largest absolute Gasteiger partial charge is 0.476 e. The summed E-state index contributed by atoms with van der Waals surface area (Å²) in [4.78, 5) is 16.3. The second-order valence-electron chi connectivity index (χ2n) is 5.18. The Bertz CT molecular complexity index is 649. The quantitative estimate of drug-likeness (QED) is 0.802. The number of nitrogens with zero attached hydrogens (tertiary/aromatic N) is 1. The molecule has 4 nitrogen and oxygen atoms in total. The predicted molar refractivity (Wildman–Crippen MR) is 75.6 cm³/mol. The van der Waals surface area contributed by atoms with Gasteiger partial charge in [0.05, 0.1) is 7.11 Å². The molecule has 0 aliphatic heterocycles. The van der Waals surface area contributed by atoms with Gasteiger partial charge in [-0.1, -0.05) is 18.2 Å². The highest BCUT2D eigenvalue weighted by atomic mass is 16.6. The third kappa shape index (κ3) is 2.46. The fourth-order valence-corrected chi connectivity index (χ4v) is 2.30. The number of aryl methyl sites for hydroxylation is 1. The van der Waals surface area contributed by atoms with Gasteiger partial charge in [0.15, 0.2) is 6.10 Å². The number of hydrogen-bond acceptors (Lipinski definition) is 4. The van der Waals surface area contributed by atoms with Crippen molar-refractivity contribution in [1.82, 2.24) is 4.98 Å². The van der Waals surface area contributed by atoms with Gasteiger partial charge in [0, 0.05) is 17.0 Å². The van der Waals surface area contributed by atoms with Crippen LogP contribution in [0.1, 0.15) is 18.5 Å². The molecule has 1 heterocycles. The molecule has 0 radical (unpaired) electrons. The molecule has 1 aliphatic carbocycles. The van der Waals surface area contributed by atoms with E-state index in [1.807, 2.05) is 37.3 Å². The van der Waals surface area contributed by atoms with Crippen LogP contribution >= 0.6 is 0 Å². The van der Waals surface area contributed by atoms with Crippen molar-refractivity contribution in [2.24, 2.45) is 5.92 Å². The van der Waals surface area contributed by atoms with Crippen LogP contribution < -0.4 is 4.74 Å². The van der Waals surface area contributed by atoms with E-state index in [2.05, 4.69) is 4.98 Å². The van der Waals surface area contributed by atoms with Gasteiger partial charge < -0.3 is 9.47 Å². The SMILES string of the molecule is COC(=O)C(Oc1cccc2ccc(C)nc12)C1CC1. The van der Waals surface area contributed by atoms with Crippen molar-refractivity contribution in [3.8, 4) is 5.75 Å². The van der Waals surface area contributed by atoms with E-state index in [1.54, 1.807) is 0 Å². The van der Waals surface area contributed by atoms with Crippen molar-refractivity contribution in [1.29, 1.82) is 0 Å². The summed E-state index contributed by atoms with van der Waals surface area (Å²) in [6, 6.07) is 9.72. The first kappa shape index (κ1) is 12.9. The average Bonchev–Trinajstić information content (AvgIpc) is 3.28. The number of hydrogen-bond donors (Lipinski definition) is 0. The zero-order valence-electron chi connectivity index (χ0n) is 11.6. The van der Waals surface area contributed by atoms with Gasteiger partial charge in [-0.25, -0.2) is 9.78 Å². The molecule has 1 unspecified atom stereocenters. The van der Waals surface area contributed by atoms with E-state index in [0.717, 1.165) is 29.4 Å². The molecule has 0 saturated heterocycles. The summed E-state index contributed by atoms with van der Waals surface area (Å²) in [7, 11) is 1.40. The normalized spacial score (nSPS) is 15.9. The first-order chi connectivity index (χ1) is 9.69. The standard InChI is InChI=1S/C16H17NO3/c1-10-6-7-11-4-3-5-13(14(11)17-10)20-15(12-8-9-12)16(18)19-2/h3-7,12,15H,8-9H2,1-2H3. The molecule has 104 valence electrons. The molecule has 1 aromatic carbocycles. The average molecular weight is 271 g/mol. The molecule has 1 saturated carbocycles. The minimum absolute atomic E-state index is 0.266. The van der Waals surface area contributed by atoms with Crippen LogP contribution in [0.5, 0.6) is 5.75 Å². The van der Waals surface area contributed by atoms with Gasteiger partial charge in [0.25, 0.3) is 0 Å². The van der Waals surface area contributed by atoms with Crippen LogP contribution in [0.3, 0.4) is 0 Å². The smallest absolute Gasteiger partial charge is 0.347 e. The monoisotopic (exact) mass is 271 g/mol. The van der Waals surface area contributed by atoms with E-state index >= 15 is 0 Å². The van der Waals surface area contributed by atoms with E-state index in [4.69, 9.17) is 9.47 Å². The molecular formula is C16H17NO3. The number of ether oxygens (including phenoxy) is 2. The first-order valence-corrected chi connectivity index (χ1v) is 6.80. The van der Waals surface area contributed by atoms with Crippen LogP contribution in [0, 0.1) is 12.8 Å². The maximum absolute atomic E-state index is 11.8. The Morgan fingerprint density at radius 2 is 2.10 bits per heavy atom. The topological polar surface area (TPSA) is 48.4 Å². The molecule has 3 rings (SSSR count). The van der Waals surface area contributed by atoms with Crippen LogP contribution in [-0.2, 0) is 9.53 Å². The number of rotatable bonds is 4. The molecule has 20 heavy (non-hydrogen) atoms. The number of benzene rings is 1. The van der Waals surface area contributed by atoms with Gasteiger partial charge in [-0.2, -0.15) is 0 Å². The second-order valence-corrected chi connectivity index (χ2v) is 5.18. The Balaban J connectivity index is 1.96. The lowest BCUT2D eigenvalue weighted by atomic mass is 10.2. The zero-order chi connectivity index (χ0) is 14.1. The molecule has 1 aromatic heterocycles. The number of para-hydroxylation sites is 1. The Labute approximate surface area is 117 Å². The Morgan fingerprint density at radius 3 is 2.80 bits per heavy atom. The third-order valence-corrected chi connectivity index (χ3v) is 3.56. The van der Waals surface area contributed by atoms with E-state index in [9.17, 15) is 4.79 Å². The maximum Gasteiger partial charge on any atom is 0.347 e. The molecule has 0 bridgehead atoms. The number of fused-ring (bicyclic) bond motifs is 1. The summed E-state index contributed by atoms with van der Waals surface area (Å²) in [6.45, 7) is 1.94. The highest BCUT2D eigenvalue weighted by Gasteiger charge is 2.39. The molecule has 1 fully saturated rings. The Kier molecular flexibility index (Phi) is 3.30. The lowest BCUT2D eigenvalue weighted by Crippen LogP contribution is -2.30. The van der Waals surface area contributed by atoms with Crippen LogP contribution in [0.2, 0.25) is 0 Å². The van der Waals surface area contributed by atoms with Gasteiger partial charge in [-0.05, 0) is 31.9 Å². The van der Waals surface area contributed by atoms with Gasteiger partial charge in [0.1, 0.15) is 11.3 Å². The number of aromatic nitrogens is 1. The summed E-state index contributed by atoms with van der Waals surface area (Å²) in [5, 5.41) is 1.01. The summed E-state index contributed by atoms with van der Waals surface area (Å²) in [6.07, 6.45) is 1.50. The molecule has 1 atom stereocenters. The summed E-state index contributed by atoms with van der Waals surface area (Å²) in [5.74, 6) is 0.605. The summed E-state index contributed by atoms with van der Waals surface area (Å²) in [5.41, 5.74) is 1.72. The highest BCUT2D eigenvalue weighted by molar-refractivity contribution is 5.85. The molecule has 2 aromatic rings. The first-order valence-electron chi connectivity index (χ1n) is 6.80. The van der Waals surface area contributed by atoms with Gasteiger partial charge in [-0.15, -0.1) is 0 Å². The fourth-order valence-electron chi connectivity index (χ4n) is 2.30. The lowest BCUT2D eigenvalue weighted by molar-refractivity contribution is -0.149. The number of methoxy groups -OCH3 is 1. The van der Waals surface area contributed by atoms with E-state index in [-0.39, 0.29) is 11.9 Å². The van der Waals surface area contributed by atoms with Crippen molar-refractivity contribution >= 4 is 16.9 Å². The van der Waals surface area contributed by atoms with Crippen molar-refractivity contribution in [2.45, 2.75) is 25.9 Å². The number of carbonyl (C=O) groups excluding carboxylic acids is 1. The highest BCUT2D eigenvalue weighted by Crippen LogP contribution is 2.36. The van der Waals surface area contributed by atoms with Gasteiger partial charge >= 0.3 is 5.97 Å². The molecule has 0 spiro atoms.